The van der Waals surface area contributed by atoms with Gasteiger partial charge in [0.1, 0.15) is 0 Å². The summed E-state index contributed by atoms with van der Waals surface area (Å²) < 4.78 is 12.7. The first-order valence-corrected chi connectivity index (χ1v) is 19.1. The van der Waals surface area contributed by atoms with Gasteiger partial charge in [-0.2, -0.15) is 5.06 Å². The number of piperidine rings is 2. The minimum absolute atomic E-state index is 0.0203. The molecule has 8 heteroatoms. The summed E-state index contributed by atoms with van der Waals surface area (Å²) in [6, 6.07) is 0.514. The number of nitrogens with zero attached hydrogens (tertiary/aromatic N) is 3. The molecule has 2 unspecified atom stereocenters. The Morgan fingerprint density at radius 2 is 1.27 bits per heavy atom. The molecule has 2 saturated heterocycles. The van der Waals surface area contributed by atoms with Crippen LogP contribution < -0.4 is 0 Å². The number of hydrogen-bond donors (Lipinski definition) is 2. The summed E-state index contributed by atoms with van der Waals surface area (Å²) in [5.74, 6) is 0. The number of β-amino-alcohol motifs (C(OH)–C–C–N with tert-alkyl or cyclic N) is 1. The van der Waals surface area contributed by atoms with Crippen LogP contribution in [0.1, 0.15) is 163 Å². The average Bonchev–Trinajstić information content (AvgIpc) is 2.85. The minimum Gasteiger partial charge on any atom is -0.391 e. The number of hydroxylamine groups is 2. The molecule has 2 rings (SSSR count). The Kier molecular flexibility index (Phi) is 14.7. The fourth-order valence-electron chi connectivity index (χ4n) is 8.87. The molecule has 2 N–H and O–H groups in total. The molecule has 0 aliphatic carbocycles. The van der Waals surface area contributed by atoms with Crippen LogP contribution in [0.3, 0.4) is 0 Å². The third-order valence-corrected chi connectivity index (χ3v) is 10.5. The Bertz CT molecular complexity index is 944. The smallest absolute Gasteiger partial charge is 0.0970 e. The van der Waals surface area contributed by atoms with Crippen LogP contribution in [-0.2, 0) is 14.3 Å². The quantitative estimate of drug-likeness (QED) is 0.171. The van der Waals surface area contributed by atoms with Crippen LogP contribution in [0.2, 0.25) is 0 Å². The Labute approximate surface area is 297 Å². The molecule has 2 fully saturated rings. The summed E-state index contributed by atoms with van der Waals surface area (Å²) in [6.45, 7) is 40.8. The molecule has 2 atom stereocenters. The van der Waals surface area contributed by atoms with Crippen LogP contribution in [0.25, 0.3) is 0 Å². The van der Waals surface area contributed by atoms with Crippen LogP contribution in [0.4, 0.5) is 0 Å². The van der Waals surface area contributed by atoms with Crippen LogP contribution >= 0.6 is 0 Å². The van der Waals surface area contributed by atoms with Crippen molar-refractivity contribution < 1.29 is 24.5 Å². The number of aliphatic hydroxyl groups is 2. The lowest BCUT2D eigenvalue weighted by Crippen LogP contribution is -2.67. The van der Waals surface area contributed by atoms with Crippen molar-refractivity contribution >= 4 is 0 Å². The number of ether oxygens (including phenoxy) is 2. The Morgan fingerprint density at radius 1 is 0.750 bits per heavy atom. The molecule has 0 amide bonds. The van der Waals surface area contributed by atoms with Crippen molar-refractivity contribution in [3.05, 3.63) is 0 Å². The van der Waals surface area contributed by atoms with Gasteiger partial charge in [0, 0.05) is 40.3 Å². The number of likely N-dealkylation sites (tertiary alicyclic amines) is 1. The summed E-state index contributed by atoms with van der Waals surface area (Å²) in [7, 11) is 0. The third-order valence-electron chi connectivity index (χ3n) is 10.5. The highest BCUT2D eigenvalue weighted by Crippen LogP contribution is 2.43. The van der Waals surface area contributed by atoms with E-state index < -0.39 is 17.8 Å². The first-order valence-electron chi connectivity index (χ1n) is 19.1. The molecular formula is C40H81N3O5. The maximum Gasteiger partial charge on any atom is 0.0970 e. The van der Waals surface area contributed by atoms with E-state index in [2.05, 4.69) is 119 Å². The third kappa shape index (κ3) is 13.0. The highest BCUT2D eigenvalue weighted by molar-refractivity contribution is 5.05. The van der Waals surface area contributed by atoms with E-state index in [-0.39, 0.29) is 39.2 Å². The van der Waals surface area contributed by atoms with Crippen molar-refractivity contribution in [3.8, 4) is 0 Å². The second kappa shape index (κ2) is 16.1. The van der Waals surface area contributed by atoms with Crippen LogP contribution in [0, 0.1) is 5.41 Å². The van der Waals surface area contributed by atoms with Crippen molar-refractivity contribution in [2.24, 2.45) is 5.41 Å². The molecular weight excluding hydrogens is 602 g/mol. The normalized spacial score (nSPS) is 24.2. The molecule has 0 aromatic rings. The molecule has 286 valence electrons. The molecule has 0 saturated carbocycles. The molecule has 0 radical (unpaired) electrons. The summed E-state index contributed by atoms with van der Waals surface area (Å²) >= 11 is 0. The van der Waals surface area contributed by atoms with E-state index in [4.69, 9.17) is 14.3 Å². The fraction of sp³-hybridized carbons (Fsp3) is 1.00. The topological polar surface area (TPSA) is 77.9 Å². The highest BCUT2D eigenvalue weighted by Gasteiger charge is 2.50. The highest BCUT2D eigenvalue weighted by atomic mass is 16.7. The lowest BCUT2D eigenvalue weighted by molar-refractivity contribution is -0.312. The molecule has 0 aromatic carbocycles. The van der Waals surface area contributed by atoms with E-state index in [1.54, 1.807) is 0 Å². The van der Waals surface area contributed by atoms with E-state index in [0.29, 0.717) is 38.8 Å². The Morgan fingerprint density at radius 3 is 1.73 bits per heavy atom. The van der Waals surface area contributed by atoms with Gasteiger partial charge in [0.2, 0.25) is 0 Å². The second-order valence-electron chi connectivity index (χ2n) is 20.7. The molecule has 0 bridgehead atoms. The van der Waals surface area contributed by atoms with Crippen molar-refractivity contribution in [2.75, 3.05) is 32.9 Å². The fourth-order valence-corrected chi connectivity index (χ4v) is 8.87. The molecule has 2 aliphatic heterocycles. The monoisotopic (exact) mass is 684 g/mol. The lowest BCUT2D eigenvalue weighted by Gasteiger charge is -2.59. The second-order valence-corrected chi connectivity index (χ2v) is 20.7. The molecule has 8 nitrogen and oxygen atoms in total. The van der Waals surface area contributed by atoms with Gasteiger partial charge in [-0.1, -0.05) is 34.1 Å². The molecule has 2 heterocycles. The summed E-state index contributed by atoms with van der Waals surface area (Å²) in [5.41, 5.74) is -1.01. The van der Waals surface area contributed by atoms with Gasteiger partial charge in [-0.25, -0.2) is 0 Å². The number of rotatable bonds is 16. The zero-order valence-corrected chi connectivity index (χ0v) is 34.8. The van der Waals surface area contributed by atoms with Crippen molar-refractivity contribution in [1.82, 2.24) is 14.9 Å². The van der Waals surface area contributed by atoms with E-state index in [9.17, 15) is 10.2 Å². The van der Waals surface area contributed by atoms with Gasteiger partial charge in [-0.05, 0) is 140 Å². The number of aliphatic hydroxyl groups excluding tert-OH is 2. The van der Waals surface area contributed by atoms with Gasteiger partial charge in [0.05, 0.1) is 43.7 Å². The van der Waals surface area contributed by atoms with Crippen molar-refractivity contribution in [1.29, 1.82) is 0 Å². The van der Waals surface area contributed by atoms with Gasteiger partial charge in [-0.15, -0.1) is 0 Å². The minimum atomic E-state index is -0.564. The molecule has 2 aliphatic rings. The summed E-state index contributed by atoms with van der Waals surface area (Å²) in [4.78, 5) is 11.8. The van der Waals surface area contributed by atoms with E-state index in [1.165, 1.54) is 12.8 Å². The molecule has 0 aromatic heterocycles. The summed E-state index contributed by atoms with van der Waals surface area (Å²) in [5, 5.41) is 24.0. The van der Waals surface area contributed by atoms with Crippen LogP contribution in [0.15, 0.2) is 0 Å². The SMILES string of the molecule is CCCCN(C1CC(C)(C)N(CC(O)COC2CC(C)(C)N(OCC(C)(C)OCC(O)CC(C)(C)C)C(C)(C)C2)C(C)(C)C1)C(C)(C)C. The zero-order valence-electron chi connectivity index (χ0n) is 34.8. The molecule has 0 spiro atoms. The van der Waals surface area contributed by atoms with Crippen molar-refractivity contribution in [2.45, 2.75) is 220 Å². The van der Waals surface area contributed by atoms with Gasteiger partial charge in [-0.3, -0.25) is 14.6 Å². The summed E-state index contributed by atoms with van der Waals surface area (Å²) in [6.07, 6.45) is 5.86. The van der Waals surface area contributed by atoms with E-state index in [0.717, 1.165) is 32.2 Å². The number of unbranched alkanes of at least 4 members (excludes halogenated alkanes) is 1. The van der Waals surface area contributed by atoms with Gasteiger partial charge < -0.3 is 19.7 Å². The lowest BCUT2D eigenvalue weighted by atomic mass is 9.75. The van der Waals surface area contributed by atoms with Crippen molar-refractivity contribution in [3.63, 3.8) is 0 Å². The van der Waals surface area contributed by atoms with E-state index in [1.807, 2.05) is 13.8 Å². The molecule has 48 heavy (non-hydrogen) atoms. The van der Waals surface area contributed by atoms with Gasteiger partial charge in [0.25, 0.3) is 0 Å². The van der Waals surface area contributed by atoms with Gasteiger partial charge in [0.15, 0.2) is 0 Å². The standard InChI is InChI=1S/C40H81N3O5/c1-18-19-20-41(35(5,6)7)30-21-36(8,9)42(37(10,11)22-30)26-32(45)27-46-33-24-38(12,13)43(39(14,15)25-33)48-29-40(16,17)47-28-31(44)23-34(2,3)4/h30-33,44-45H,18-29H2,1-17H3. The maximum atomic E-state index is 11.4. The van der Waals surface area contributed by atoms with Crippen LogP contribution in [0.5, 0.6) is 0 Å². The van der Waals surface area contributed by atoms with E-state index >= 15 is 0 Å². The largest absolute Gasteiger partial charge is 0.391 e. The maximum absolute atomic E-state index is 11.4. The zero-order chi connectivity index (χ0) is 37.1. The Hall–Kier alpha value is -0.320. The van der Waals surface area contributed by atoms with Gasteiger partial charge >= 0.3 is 0 Å². The number of hydrogen-bond acceptors (Lipinski definition) is 8. The Balaban J connectivity index is 1.99. The predicted octanol–water partition coefficient (Wildman–Crippen LogP) is 7.83. The van der Waals surface area contributed by atoms with Crippen LogP contribution in [-0.4, -0.2) is 116 Å². The first-order chi connectivity index (χ1) is 21.5. The first kappa shape index (κ1) is 43.8. The predicted molar refractivity (Wildman–Crippen MR) is 200 cm³/mol. The average molecular weight is 684 g/mol.